The van der Waals surface area contributed by atoms with Gasteiger partial charge in [-0.15, -0.1) is 11.3 Å². The molecule has 0 aliphatic heterocycles. The summed E-state index contributed by atoms with van der Waals surface area (Å²) >= 11 is 1.95. The van der Waals surface area contributed by atoms with Gasteiger partial charge in [-0.2, -0.15) is 0 Å². The van der Waals surface area contributed by atoms with Crippen LogP contribution in [0, 0.1) is 5.92 Å². The Morgan fingerprint density at radius 1 is 0.614 bits per heavy atom. The Labute approximate surface area is 260 Å². The molecule has 0 saturated carbocycles. The predicted molar refractivity (Wildman–Crippen MR) is 191 cm³/mol. The van der Waals surface area contributed by atoms with Crippen molar-refractivity contribution < 1.29 is 0 Å². The molecule has 2 unspecified atom stereocenters. The molecule has 2 atom stereocenters. The van der Waals surface area contributed by atoms with Crippen LogP contribution in [0.4, 0.5) is 0 Å². The molecule has 0 radical (unpaired) electrons. The van der Waals surface area contributed by atoms with Crippen molar-refractivity contribution in [1.29, 1.82) is 0 Å². The predicted octanol–water partition coefficient (Wildman–Crippen LogP) is 12.2. The fourth-order valence-corrected chi connectivity index (χ4v) is 9.64. The lowest BCUT2D eigenvalue weighted by Crippen LogP contribution is -2.18. The summed E-state index contributed by atoms with van der Waals surface area (Å²) in [6, 6.07) is 43.1. The van der Waals surface area contributed by atoms with Crippen LogP contribution in [0.5, 0.6) is 0 Å². The molecule has 6 aromatic carbocycles. The van der Waals surface area contributed by atoms with Crippen LogP contribution in [0.25, 0.3) is 80.7 Å². The van der Waals surface area contributed by atoms with E-state index in [9.17, 15) is 0 Å². The average molecular weight is 580 g/mol. The number of aromatic nitrogens is 1. The first-order valence-corrected chi connectivity index (χ1v) is 16.5. The molecule has 0 spiro atoms. The Kier molecular flexibility index (Phi) is 5.04. The lowest BCUT2D eigenvalue weighted by atomic mass is 9.79. The Bertz CT molecular complexity index is 2540. The summed E-state index contributed by atoms with van der Waals surface area (Å²) in [5.74, 6) is 0.683. The summed E-state index contributed by atoms with van der Waals surface area (Å²) in [5.41, 5.74) is 10.8. The first-order chi connectivity index (χ1) is 21.8. The third kappa shape index (κ3) is 3.09. The van der Waals surface area contributed by atoms with E-state index >= 15 is 0 Å². The van der Waals surface area contributed by atoms with E-state index in [0.717, 1.165) is 6.42 Å². The van der Waals surface area contributed by atoms with Crippen molar-refractivity contribution in [2.24, 2.45) is 5.92 Å². The summed E-state index contributed by atoms with van der Waals surface area (Å²) in [4.78, 5) is 0. The number of nitrogens with zero attached hydrogens (tertiary/aromatic N) is 1. The summed E-state index contributed by atoms with van der Waals surface area (Å²) in [6.45, 7) is 2.36. The third-order valence-electron chi connectivity index (χ3n) is 10.2. The third-order valence-corrected chi connectivity index (χ3v) is 11.4. The number of allylic oxidation sites excluding steroid dienone is 4. The van der Waals surface area contributed by atoms with Gasteiger partial charge in [0.05, 0.1) is 11.0 Å². The van der Waals surface area contributed by atoms with Crippen molar-refractivity contribution in [3.05, 3.63) is 139 Å². The number of fused-ring (bicyclic) bond motifs is 8. The van der Waals surface area contributed by atoms with Crippen LogP contribution in [0.2, 0.25) is 0 Å². The molecule has 44 heavy (non-hydrogen) atoms. The Balaban J connectivity index is 1.46. The minimum atomic E-state index is 0.330. The molecule has 0 saturated heterocycles. The molecule has 2 aliphatic rings. The highest BCUT2D eigenvalue weighted by molar-refractivity contribution is 7.27. The van der Waals surface area contributed by atoms with Gasteiger partial charge >= 0.3 is 0 Å². The molecule has 2 aliphatic carbocycles. The van der Waals surface area contributed by atoms with Crippen molar-refractivity contribution >= 4 is 69.8 Å². The number of hydrogen-bond donors (Lipinski definition) is 0. The van der Waals surface area contributed by atoms with E-state index in [-0.39, 0.29) is 0 Å². The molecular weight excluding hydrogens is 551 g/mol. The maximum absolute atomic E-state index is 2.67. The second kappa shape index (κ2) is 9.05. The second-order valence-corrected chi connectivity index (χ2v) is 13.3. The van der Waals surface area contributed by atoms with Gasteiger partial charge in [0, 0.05) is 59.3 Å². The van der Waals surface area contributed by atoms with Crippen molar-refractivity contribution in [1.82, 2.24) is 4.57 Å². The summed E-state index contributed by atoms with van der Waals surface area (Å²) in [7, 11) is 0. The zero-order valence-electron chi connectivity index (χ0n) is 24.4. The zero-order chi connectivity index (χ0) is 28.9. The number of thiophene rings is 1. The second-order valence-electron chi connectivity index (χ2n) is 12.3. The van der Waals surface area contributed by atoms with E-state index in [1.807, 2.05) is 11.3 Å². The van der Waals surface area contributed by atoms with Crippen LogP contribution >= 0.6 is 11.3 Å². The largest absolute Gasteiger partial charge is 0.312 e. The molecule has 0 fully saturated rings. The van der Waals surface area contributed by atoms with Gasteiger partial charge in [-0.1, -0.05) is 122 Å². The zero-order valence-corrected chi connectivity index (χ0v) is 25.2. The fourth-order valence-electron chi connectivity index (χ4n) is 8.41. The fraction of sp³-hybridized carbons (Fsp3) is 0.0952. The number of hydrogen-bond acceptors (Lipinski definition) is 1. The Morgan fingerprint density at radius 2 is 1.30 bits per heavy atom. The number of rotatable bonds is 3. The molecule has 0 N–H and O–H groups in total. The average Bonchev–Trinajstić information content (AvgIpc) is 3.61. The maximum atomic E-state index is 2.67. The molecule has 208 valence electrons. The van der Waals surface area contributed by atoms with E-state index in [0.29, 0.717) is 11.8 Å². The van der Waals surface area contributed by atoms with E-state index < -0.39 is 0 Å². The first kappa shape index (κ1) is 24.5. The van der Waals surface area contributed by atoms with Gasteiger partial charge in [0.2, 0.25) is 0 Å². The Hall–Kier alpha value is -4.92. The SMILES string of the molecule is CCC1C(n2c3cccc4c3c3c5c(cccc5c5sc6ccccc6c5c32)-c2ccccc2-4)=CC=CC1c1ccccc1. The molecule has 0 amide bonds. The minimum absolute atomic E-state index is 0.330. The summed E-state index contributed by atoms with van der Waals surface area (Å²) < 4.78 is 5.41. The molecule has 10 rings (SSSR count). The summed E-state index contributed by atoms with van der Waals surface area (Å²) in [6.07, 6.45) is 8.17. The monoisotopic (exact) mass is 579 g/mol. The normalized spacial score (nSPS) is 17.3. The van der Waals surface area contributed by atoms with Crippen LogP contribution in [0.15, 0.2) is 133 Å². The van der Waals surface area contributed by atoms with Crippen LogP contribution in [0.3, 0.4) is 0 Å². The topological polar surface area (TPSA) is 4.93 Å². The van der Waals surface area contributed by atoms with Gasteiger partial charge in [-0.05, 0) is 52.4 Å². The van der Waals surface area contributed by atoms with E-state index in [4.69, 9.17) is 0 Å². The first-order valence-electron chi connectivity index (χ1n) is 15.7. The lowest BCUT2D eigenvalue weighted by Gasteiger charge is -2.31. The standard InChI is InChI=1S/C42H29NS/c1-2-26-27(25-13-4-3-5-14-25)18-11-22-34(26)43-35-23-12-20-31-29-16-7-6-15-28(29)30-19-10-21-33-37(30)40(38(31)35)41(43)39-32-17-8-9-24-36(32)44-42(33)39/h3-24,26-27H,2H2,1H3. The van der Waals surface area contributed by atoms with Crippen LogP contribution < -0.4 is 0 Å². The van der Waals surface area contributed by atoms with Gasteiger partial charge in [0.25, 0.3) is 0 Å². The van der Waals surface area contributed by atoms with Gasteiger partial charge in [0.15, 0.2) is 0 Å². The van der Waals surface area contributed by atoms with Crippen molar-refractivity contribution in [3.8, 4) is 22.3 Å². The minimum Gasteiger partial charge on any atom is -0.312 e. The summed E-state index contributed by atoms with van der Waals surface area (Å²) in [5, 5.41) is 8.27. The number of benzene rings is 6. The van der Waals surface area contributed by atoms with Crippen LogP contribution in [-0.4, -0.2) is 4.57 Å². The Morgan fingerprint density at radius 3 is 2.11 bits per heavy atom. The van der Waals surface area contributed by atoms with Crippen LogP contribution in [0.1, 0.15) is 24.8 Å². The highest BCUT2D eigenvalue weighted by Crippen LogP contribution is 2.55. The smallest absolute Gasteiger partial charge is 0.0638 e. The van der Waals surface area contributed by atoms with Crippen molar-refractivity contribution in [3.63, 3.8) is 0 Å². The maximum Gasteiger partial charge on any atom is 0.0638 e. The molecule has 8 aromatic rings. The molecular formula is C42H29NS. The van der Waals surface area contributed by atoms with Gasteiger partial charge < -0.3 is 4.57 Å². The highest BCUT2D eigenvalue weighted by Gasteiger charge is 2.32. The van der Waals surface area contributed by atoms with Gasteiger partial charge in [-0.3, -0.25) is 0 Å². The van der Waals surface area contributed by atoms with E-state index in [1.54, 1.807) is 0 Å². The van der Waals surface area contributed by atoms with Crippen molar-refractivity contribution in [2.75, 3.05) is 0 Å². The quantitative estimate of drug-likeness (QED) is 0.196. The van der Waals surface area contributed by atoms with E-state index in [1.165, 1.54) is 86.3 Å². The van der Waals surface area contributed by atoms with Gasteiger partial charge in [0.1, 0.15) is 0 Å². The van der Waals surface area contributed by atoms with Crippen LogP contribution in [-0.2, 0) is 0 Å². The van der Waals surface area contributed by atoms with Crippen molar-refractivity contribution in [2.45, 2.75) is 19.3 Å². The highest BCUT2D eigenvalue weighted by atomic mass is 32.1. The van der Waals surface area contributed by atoms with Gasteiger partial charge in [-0.25, -0.2) is 0 Å². The lowest BCUT2D eigenvalue weighted by molar-refractivity contribution is 0.559. The van der Waals surface area contributed by atoms with E-state index in [2.05, 4.69) is 145 Å². The molecule has 1 nitrogen and oxygen atoms in total. The molecule has 2 heterocycles. The molecule has 2 heteroatoms. The molecule has 2 aromatic heterocycles. The molecule has 0 bridgehead atoms.